The fourth-order valence-electron chi connectivity index (χ4n) is 6.81. The van der Waals surface area contributed by atoms with Crippen LogP contribution in [0.4, 0.5) is 0 Å². The number of likely N-dealkylation sites (tertiary alicyclic amines) is 2. The molecule has 2 bridgehead atoms. The van der Waals surface area contributed by atoms with Crippen LogP contribution in [0.2, 0.25) is 0 Å². The normalized spacial score (nSPS) is 32.1. The van der Waals surface area contributed by atoms with E-state index in [1.54, 1.807) is 17.8 Å². The molecule has 1 aromatic carbocycles. The molecule has 5 atom stereocenters. The lowest BCUT2D eigenvalue weighted by Gasteiger charge is -2.50. The predicted octanol–water partition coefficient (Wildman–Crippen LogP) is 3.43. The summed E-state index contributed by atoms with van der Waals surface area (Å²) in [7, 11) is 1.83. The van der Waals surface area contributed by atoms with Gasteiger partial charge in [0.2, 0.25) is 5.91 Å². The Morgan fingerprint density at radius 3 is 2.35 bits per heavy atom. The maximum Gasteiger partial charge on any atom is 0.272 e. The molecule has 3 fully saturated rings. The number of hydrogen-bond acceptors (Lipinski definition) is 3. The number of benzene rings is 1. The van der Waals surface area contributed by atoms with Crippen molar-refractivity contribution in [1.29, 1.82) is 0 Å². The van der Waals surface area contributed by atoms with Crippen LogP contribution in [0, 0.1) is 5.41 Å². The Balaban J connectivity index is 1.62. The van der Waals surface area contributed by atoms with Crippen LogP contribution in [0.5, 0.6) is 0 Å². The van der Waals surface area contributed by atoms with Crippen molar-refractivity contribution in [3.8, 4) is 0 Å². The first-order chi connectivity index (χ1) is 14.9. The van der Waals surface area contributed by atoms with Crippen LogP contribution in [-0.2, 0) is 18.3 Å². The number of aromatic nitrogens is 2. The molecule has 2 aliphatic heterocycles. The van der Waals surface area contributed by atoms with E-state index in [0.29, 0.717) is 5.69 Å². The first-order valence-electron chi connectivity index (χ1n) is 11.6. The van der Waals surface area contributed by atoms with E-state index in [4.69, 9.17) is 0 Å². The summed E-state index contributed by atoms with van der Waals surface area (Å²) in [5.41, 5.74) is 1.79. The minimum absolute atomic E-state index is 0.00162. The number of carbonyl (C=O) groups excluding carboxylic acids is 2. The maximum absolute atomic E-state index is 13.9. The van der Waals surface area contributed by atoms with Gasteiger partial charge in [0, 0.05) is 37.7 Å². The molecule has 6 heteroatoms. The van der Waals surface area contributed by atoms with Crippen molar-refractivity contribution < 1.29 is 9.59 Å². The molecule has 3 heterocycles. The summed E-state index contributed by atoms with van der Waals surface area (Å²) in [5.74, 6) is 0.195. The molecule has 3 aliphatic rings. The topological polar surface area (TPSA) is 58.4 Å². The number of aryl methyl sites for hydroxylation is 1. The van der Waals surface area contributed by atoms with Crippen molar-refractivity contribution in [1.82, 2.24) is 19.6 Å². The summed E-state index contributed by atoms with van der Waals surface area (Å²) in [5, 5.41) is 4.24. The molecule has 6 nitrogen and oxygen atoms in total. The Labute approximate surface area is 184 Å². The van der Waals surface area contributed by atoms with Gasteiger partial charge in [-0.1, -0.05) is 50.1 Å². The van der Waals surface area contributed by atoms with E-state index in [9.17, 15) is 9.59 Å². The van der Waals surface area contributed by atoms with Gasteiger partial charge < -0.3 is 9.80 Å². The minimum atomic E-state index is -0.0612. The zero-order valence-corrected chi connectivity index (χ0v) is 18.7. The van der Waals surface area contributed by atoms with Crippen LogP contribution >= 0.6 is 0 Å². The van der Waals surface area contributed by atoms with E-state index < -0.39 is 0 Å². The number of nitrogens with zero attached hydrogens (tertiary/aromatic N) is 4. The van der Waals surface area contributed by atoms with Gasteiger partial charge in [-0.05, 0) is 37.3 Å². The highest BCUT2D eigenvalue weighted by molar-refractivity contribution is 5.93. The lowest BCUT2D eigenvalue weighted by atomic mass is 9.69. The largest absolute Gasteiger partial charge is 0.334 e. The summed E-state index contributed by atoms with van der Waals surface area (Å²) in [6.45, 7) is 4.03. The maximum atomic E-state index is 13.9. The summed E-state index contributed by atoms with van der Waals surface area (Å²) in [6.07, 6.45) is 7.68. The molecule has 0 N–H and O–H groups in total. The number of carbonyl (C=O) groups is 2. The van der Waals surface area contributed by atoms with Crippen LogP contribution < -0.4 is 0 Å². The highest BCUT2D eigenvalue weighted by Gasteiger charge is 2.63. The zero-order chi connectivity index (χ0) is 21.8. The molecule has 2 amide bonds. The van der Waals surface area contributed by atoms with Gasteiger partial charge in [0.25, 0.3) is 5.91 Å². The molecule has 164 valence electrons. The van der Waals surface area contributed by atoms with Crippen LogP contribution in [-0.4, -0.2) is 55.6 Å². The number of amides is 2. The third-order valence-electron chi connectivity index (χ3n) is 8.13. The van der Waals surface area contributed by atoms with Crippen molar-refractivity contribution in [2.24, 2.45) is 12.5 Å². The highest BCUT2D eigenvalue weighted by Crippen LogP contribution is 2.55. The third kappa shape index (κ3) is 3.10. The van der Waals surface area contributed by atoms with E-state index >= 15 is 0 Å². The average molecular weight is 421 g/mol. The van der Waals surface area contributed by atoms with Crippen molar-refractivity contribution in [2.75, 3.05) is 0 Å². The van der Waals surface area contributed by atoms with Gasteiger partial charge in [0.05, 0.1) is 12.1 Å². The summed E-state index contributed by atoms with van der Waals surface area (Å²) in [6, 6.07) is 12.6. The fourth-order valence-corrected chi connectivity index (χ4v) is 6.81. The van der Waals surface area contributed by atoms with Crippen LogP contribution in [0.15, 0.2) is 42.6 Å². The Morgan fingerprint density at radius 1 is 1.06 bits per heavy atom. The molecule has 0 spiro atoms. The predicted molar refractivity (Wildman–Crippen MR) is 118 cm³/mol. The van der Waals surface area contributed by atoms with E-state index in [1.165, 1.54) is 5.56 Å². The van der Waals surface area contributed by atoms with Gasteiger partial charge in [0.15, 0.2) is 0 Å². The number of rotatable bonds is 3. The van der Waals surface area contributed by atoms with Gasteiger partial charge in [-0.3, -0.25) is 14.3 Å². The zero-order valence-electron chi connectivity index (χ0n) is 18.7. The van der Waals surface area contributed by atoms with Gasteiger partial charge >= 0.3 is 0 Å². The minimum Gasteiger partial charge on any atom is -0.334 e. The molecule has 1 aliphatic carbocycles. The first-order valence-corrected chi connectivity index (χ1v) is 11.6. The quantitative estimate of drug-likeness (QED) is 0.764. The Hall–Kier alpha value is -2.63. The third-order valence-corrected chi connectivity index (χ3v) is 8.13. The summed E-state index contributed by atoms with van der Waals surface area (Å²) in [4.78, 5) is 31.2. The number of hydrogen-bond donors (Lipinski definition) is 0. The second-order valence-electron chi connectivity index (χ2n) is 9.83. The molecule has 2 aromatic rings. The van der Waals surface area contributed by atoms with Crippen molar-refractivity contribution in [2.45, 2.75) is 76.5 Å². The average Bonchev–Trinajstić information content (AvgIpc) is 3.23. The first kappa shape index (κ1) is 20.3. The van der Waals surface area contributed by atoms with Gasteiger partial charge in [0.1, 0.15) is 5.69 Å². The SMILES string of the molecule is CC(=O)N1[C@@H](Cc2ccccc2)[C@@H]2C[C@@]3(C)[C@H](CCCC[C@@H]13)N2C(=O)c1ccnn1C. The van der Waals surface area contributed by atoms with Crippen LogP contribution in [0.25, 0.3) is 0 Å². The van der Waals surface area contributed by atoms with Gasteiger partial charge in [-0.25, -0.2) is 0 Å². The van der Waals surface area contributed by atoms with Gasteiger partial charge in [-0.2, -0.15) is 5.10 Å². The van der Waals surface area contributed by atoms with Crippen molar-refractivity contribution in [3.63, 3.8) is 0 Å². The lowest BCUT2D eigenvalue weighted by molar-refractivity contribution is -0.141. The van der Waals surface area contributed by atoms with Crippen LogP contribution in [0.3, 0.4) is 0 Å². The second-order valence-corrected chi connectivity index (χ2v) is 9.83. The lowest BCUT2D eigenvalue weighted by Crippen LogP contribution is -2.61. The number of piperidine rings is 1. The molecule has 1 aromatic heterocycles. The summed E-state index contributed by atoms with van der Waals surface area (Å²) < 4.78 is 1.68. The Bertz CT molecular complexity index is 986. The van der Waals surface area contributed by atoms with E-state index in [0.717, 1.165) is 38.5 Å². The fraction of sp³-hybridized carbons (Fsp3) is 0.560. The molecule has 0 unspecified atom stereocenters. The van der Waals surface area contributed by atoms with Crippen LogP contribution in [0.1, 0.15) is 62.0 Å². The van der Waals surface area contributed by atoms with E-state index in [1.807, 2.05) is 19.2 Å². The van der Waals surface area contributed by atoms with Crippen molar-refractivity contribution >= 4 is 11.8 Å². The van der Waals surface area contributed by atoms with E-state index in [-0.39, 0.29) is 41.4 Å². The standard InChI is InChI=1S/C25H32N4O2/c1-17(30)28-20(15-18-9-5-4-6-10-18)21-16-25(2)22(28)11-7-8-12-23(25)29(21)24(31)19-13-14-26-27(19)3/h4-6,9-10,13-14,20-23H,7-8,11-12,15-16H2,1-3H3/t20-,21-,22+,23-,25+/m0/s1. The smallest absolute Gasteiger partial charge is 0.272 e. The Morgan fingerprint density at radius 2 is 1.74 bits per heavy atom. The second kappa shape index (κ2) is 7.50. The molecular weight excluding hydrogens is 388 g/mol. The highest BCUT2D eigenvalue weighted by atomic mass is 16.2. The van der Waals surface area contributed by atoms with Gasteiger partial charge in [-0.15, -0.1) is 0 Å². The molecule has 2 saturated heterocycles. The molecular formula is C25H32N4O2. The van der Waals surface area contributed by atoms with E-state index in [2.05, 4.69) is 46.1 Å². The van der Waals surface area contributed by atoms with Crippen molar-refractivity contribution in [3.05, 3.63) is 53.9 Å². The summed E-state index contributed by atoms with van der Waals surface area (Å²) >= 11 is 0. The molecule has 31 heavy (non-hydrogen) atoms. The monoisotopic (exact) mass is 420 g/mol. The molecule has 1 saturated carbocycles. The number of fused-ring (bicyclic) bond motifs is 1. The molecule has 0 radical (unpaired) electrons. The Kier molecular flexibility index (Phi) is 4.91. The molecule has 5 rings (SSSR count).